The largest absolute Gasteiger partial charge is 0.497 e. The highest BCUT2D eigenvalue weighted by Gasteiger charge is 2.17. The number of hydrogen-bond donors (Lipinski definition) is 1. The molecule has 3 aromatic rings. The van der Waals surface area contributed by atoms with Crippen molar-refractivity contribution in [2.45, 2.75) is 0 Å². The second-order valence-electron chi connectivity index (χ2n) is 4.71. The molecule has 0 spiro atoms. The molecule has 0 unspecified atom stereocenters. The van der Waals surface area contributed by atoms with Crippen LogP contribution in [0.1, 0.15) is 0 Å². The van der Waals surface area contributed by atoms with Crippen LogP contribution in [0, 0.1) is 0 Å². The molecule has 0 aliphatic carbocycles. The summed E-state index contributed by atoms with van der Waals surface area (Å²) in [7, 11) is 3.48. The van der Waals surface area contributed by atoms with E-state index >= 15 is 0 Å². The second kappa shape index (κ2) is 5.28. The van der Waals surface area contributed by atoms with Crippen LogP contribution < -0.4 is 10.5 Å². The Balaban J connectivity index is 2.22. The SMILES string of the molecule is COc1cccc(-c2c(-c3cccnc3)nn(C)c2N)c1. The van der Waals surface area contributed by atoms with E-state index in [1.807, 2.05) is 43.4 Å². The van der Waals surface area contributed by atoms with E-state index in [0.29, 0.717) is 5.82 Å². The average molecular weight is 280 g/mol. The van der Waals surface area contributed by atoms with Crippen molar-refractivity contribution < 1.29 is 4.74 Å². The van der Waals surface area contributed by atoms with Gasteiger partial charge in [-0.25, -0.2) is 0 Å². The lowest BCUT2D eigenvalue weighted by atomic mass is 10.0. The van der Waals surface area contributed by atoms with Crippen molar-refractivity contribution >= 4 is 5.82 Å². The number of nitrogen functional groups attached to an aromatic ring is 1. The molecule has 2 heterocycles. The summed E-state index contributed by atoms with van der Waals surface area (Å²) in [5, 5.41) is 4.52. The predicted octanol–water partition coefficient (Wildman–Crippen LogP) is 2.74. The molecular weight excluding hydrogens is 264 g/mol. The van der Waals surface area contributed by atoms with Gasteiger partial charge in [-0.15, -0.1) is 0 Å². The molecule has 106 valence electrons. The summed E-state index contributed by atoms with van der Waals surface area (Å²) in [6.45, 7) is 0. The molecule has 0 saturated heterocycles. The lowest BCUT2D eigenvalue weighted by molar-refractivity contribution is 0.415. The molecule has 1 aromatic carbocycles. The van der Waals surface area contributed by atoms with E-state index in [-0.39, 0.29) is 0 Å². The summed E-state index contributed by atoms with van der Waals surface area (Å²) < 4.78 is 6.97. The van der Waals surface area contributed by atoms with Crippen molar-refractivity contribution in [1.29, 1.82) is 0 Å². The Kier molecular flexibility index (Phi) is 3.31. The summed E-state index contributed by atoms with van der Waals surface area (Å²) in [5.74, 6) is 1.40. The number of pyridine rings is 1. The first-order valence-electron chi connectivity index (χ1n) is 6.58. The highest BCUT2D eigenvalue weighted by molar-refractivity contribution is 5.88. The maximum absolute atomic E-state index is 6.20. The minimum atomic E-state index is 0.613. The van der Waals surface area contributed by atoms with Crippen molar-refractivity contribution in [1.82, 2.24) is 14.8 Å². The second-order valence-corrected chi connectivity index (χ2v) is 4.71. The van der Waals surface area contributed by atoms with Gasteiger partial charge in [0.1, 0.15) is 17.3 Å². The van der Waals surface area contributed by atoms with Crippen LogP contribution in [0.15, 0.2) is 48.8 Å². The summed E-state index contributed by atoms with van der Waals surface area (Å²) >= 11 is 0. The van der Waals surface area contributed by atoms with Crippen LogP contribution in [0.5, 0.6) is 5.75 Å². The number of benzene rings is 1. The van der Waals surface area contributed by atoms with Gasteiger partial charge in [0.15, 0.2) is 0 Å². The number of anilines is 1. The van der Waals surface area contributed by atoms with E-state index in [2.05, 4.69) is 10.1 Å². The zero-order valence-corrected chi connectivity index (χ0v) is 11.9. The van der Waals surface area contributed by atoms with Crippen LogP contribution in [-0.4, -0.2) is 21.9 Å². The molecule has 0 bridgehead atoms. The third-order valence-corrected chi connectivity index (χ3v) is 3.38. The van der Waals surface area contributed by atoms with Crippen LogP contribution in [0.4, 0.5) is 5.82 Å². The maximum atomic E-state index is 6.20. The number of rotatable bonds is 3. The zero-order valence-electron chi connectivity index (χ0n) is 11.9. The summed E-state index contributed by atoms with van der Waals surface area (Å²) in [6, 6.07) is 11.6. The van der Waals surface area contributed by atoms with Crippen LogP contribution in [0.2, 0.25) is 0 Å². The lowest BCUT2D eigenvalue weighted by Crippen LogP contribution is -1.98. The molecule has 3 rings (SSSR count). The fourth-order valence-electron chi connectivity index (χ4n) is 2.31. The zero-order chi connectivity index (χ0) is 14.8. The Bertz CT molecular complexity index is 765. The third kappa shape index (κ3) is 2.33. The number of nitrogens with two attached hydrogens (primary N) is 1. The van der Waals surface area contributed by atoms with Gasteiger partial charge >= 0.3 is 0 Å². The standard InChI is InChI=1S/C16H16N4O/c1-20-16(17)14(11-5-3-7-13(9-11)21-2)15(19-20)12-6-4-8-18-10-12/h3-10H,17H2,1-2H3. The van der Waals surface area contributed by atoms with Gasteiger partial charge in [0.05, 0.1) is 12.7 Å². The molecule has 5 nitrogen and oxygen atoms in total. The Labute approximate surface area is 123 Å². The topological polar surface area (TPSA) is 66.0 Å². The molecule has 0 radical (unpaired) electrons. The van der Waals surface area contributed by atoms with Crippen molar-refractivity contribution in [2.75, 3.05) is 12.8 Å². The normalized spacial score (nSPS) is 10.6. The Morgan fingerprint density at radius 3 is 2.67 bits per heavy atom. The third-order valence-electron chi connectivity index (χ3n) is 3.38. The maximum Gasteiger partial charge on any atom is 0.129 e. The van der Waals surface area contributed by atoms with Crippen molar-refractivity contribution in [2.24, 2.45) is 7.05 Å². The van der Waals surface area contributed by atoms with Gasteiger partial charge in [-0.05, 0) is 29.8 Å². The monoisotopic (exact) mass is 280 g/mol. The molecule has 0 fully saturated rings. The number of aromatic nitrogens is 3. The Morgan fingerprint density at radius 1 is 1.14 bits per heavy atom. The molecule has 5 heteroatoms. The average Bonchev–Trinajstić information content (AvgIpc) is 2.84. The minimum Gasteiger partial charge on any atom is -0.497 e. The van der Waals surface area contributed by atoms with Gasteiger partial charge in [0.25, 0.3) is 0 Å². The van der Waals surface area contributed by atoms with Crippen molar-refractivity contribution in [3.05, 3.63) is 48.8 Å². The van der Waals surface area contributed by atoms with Gasteiger partial charge in [-0.1, -0.05) is 12.1 Å². The molecule has 2 N–H and O–H groups in total. The van der Waals surface area contributed by atoms with Crippen LogP contribution in [0.25, 0.3) is 22.4 Å². The molecule has 0 atom stereocenters. The number of nitrogens with zero attached hydrogens (tertiary/aromatic N) is 3. The highest BCUT2D eigenvalue weighted by atomic mass is 16.5. The molecule has 0 amide bonds. The first-order valence-corrected chi connectivity index (χ1v) is 6.58. The highest BCUT2D eigenvalue weighted by Crippen LogP contribution is 2.36. The first kappa shape index (κ1) is 13.2. The Hall–Kier alpha value is -2.82. The molecule has 0 aliphatic rings. The minimum absolute atomic E-state index is 0.613. The molecule has 2 aromatic heterocycles. The first-order chi connectivity index (χ1) is 10.2. The van der Waals surface area contributed by atoms with Gasteiger partial charge < -0.3 is 10.5 Å². The molecule has 0 aliphatic heterocycles. The van der Waals surface area contributed by atoms with E-state index in [0.717, 1.165) is 28.1 Å². The number of hydrogen-bond acceptors (Lipinski definition) is 4. The number of aryl methyl sites for hydroxylation is 1. The van der Waals surface area contributed by atoms with E-state index in [9.17, 15) is 0 Å². The predicted molar refractivity (Wildman–Crippen MR) is 82.8 cm³/mol. The van der Waals surface area contributed by atoms with Gasteiger partial charge in [-0.2, -0.15) is 5.10 Å². The number of methoxy groups -OCH3 is 1. The van der Waals surface area contributed by atoms with E-state index in [4.69, 9.17) is 10.5 Å². The van der Waals surface area contributed by atoms with E-state index in [1.165, 1.54) is 0 Å². The summed E-state index contributed by atoms with van der Waals surface area (Å²) in [6.07, 6.45) is 3.52. The fraction of sp³-hybridized carbons (Fsp3) is 0.125. The van der Waals surface area contributed by atoms with Crippen LogP contribution >= 0.6 is 0 Å². The molecular formula is C16H16N4O. The van der Waals surface area contributed by atoms with Crippen molar-refractivity contribution in [3.63, 3.8) is 0 Å². The van der Waals surface area contributed by atoms with Gasteiger partial charge in [0, 0.05) is 25.0 Å². The van der Waals surface area contributed by atoms with Gasteiger partial charge in [-0.3, -0.25) is 9.67 Å². The number of ether oxygens (including phenoxy) is 1. The summed E-state index contributed by atoms with van der Waals surface area (Å²) in [4.78, 5) is 4.15. The smallest absolute Gasteiger partial charge is 0.129 e. The summed E-state index contributed by atoms with van der Waals surface area (Å²) in [5.41, 5.74) is 9.82. The van der Waals surface area contributed by atoms with Crippen molar-refractivity contribution in [3.8, 4) is 28.1 Å². The van der Waals surface area contributed by atoms with Gasteiger partial charge in [0.2, 0.25) is 0 Å². The van der Waals surface area contributed by atoms with Crippen LogP contribution in [-0.2, 0) is 7.05 Å². The Morgan fingerprint density at radius 2 is 1.95 bits per heavy atom. The van der Waals surface area contributed by atoms with E-state index in [1.54, 1.807) is 24.2 Å². The molecule has 21 heavy (non-hydrogen) atoms. The van der Waals surface area contributed by atoms with E-state index < -0.39 is 0 Å². The fourth-order valence-corrected chi connectivity index (χ4v) is 2.31. The van der Waals surface area contributed by atoms with Crippen LogP contribution in [0.3, 0.4) is 0 Å². The lowest BCUT2D eigenvalue weighted by Gasteiger charge is -2.06. The quantitative estimate of drug-likeness (QED) is 0.801. The molecule has 0 saturated carbocycles.